The van der Waals surface area contributed by atoms with E-state index in [1.54, 1.807) is 0 Å². The number of ether oxygens (including phenoxy) is 2. The van der Waals surface area contributed by atoms with Gasteiger partial charge in [0.15, 0.2) is 0 Å². The SMILES string of the molecule is CO.C[C@@H](OCC1(c2ccccc2)CC(C)(N(Cc2ccccc2)Cc2n[nH]c(=O)[nH]2)C1)c1cc(C(F)(F)F)cc(C(F)(F)F)c1.C[C@@H](OCC1(c2ccccc2)CC(C)(NCc2n[nH]c(=O)[nH]2)C1)c1cc(C(F)(F)F)cc(C(F)(F)F)c1. The summed E-state index contributed by atoms with van der Waals surface area (Å²) >= 11 is 0. The average molecular weight is 1180 g/mol. The van der Waals surface area contributed by atoms with Crippen LogP contribution in [0.3, 0.4) is 0 Å². The first kappa shape index (κ1) is 63.5. The van der Waals surface area contributed by atoms with E-state index < -0.39 is 86.9 Å². The highest BCUT2D eigenvalue weighted by atomic mass is 19.4. The average Bonchev–Trinajstić information content (AvgIpc) is 3.23. The summed E-state index contributed by atoms with van der Waals surface area (Å²) in [7, 11) is 1.00. The quantitative estimate of drug-likeness (QED) is 0.0457. The summed E-state index contributed by atoms with van der Waals surface area (Å²) in [4.78, 5) is 30.5. The van der Waals surface area contributed by atoms with E-state index in [0.717, 1.165) is 23.8 Å². The maximum atomic E-state index is 13.5. The molecule has 6 N–H and O–H groups in total. The van der Waals surface area contributed by atoms with E-state index in [-0.39, 0.29) is 42.0 Å². The van der Waals surface area contributed by atoms with Crippen molar-refractivity contribution in [2.75, 3.05) is 20.3 Å². The Morgan fingerprint density at radius 3 is 1.27 bits per heavy atom. The van der Waals surface area contributed by atoms with Gasteiger partial charge in [0.25, 0.3) is 0 Å². The van der Waals surface area contributed by atoms with Crippen LogP contribution in [0, 0.1) is 0 Å². The number of nitrogens with one attached hydrogen (secondary N) is 5. The molecule has 13 nitrogen and oxygen atoms in total. The van der Waals surface area contributed by atoms with Gasteiger partial charge in [0.05, 0.1) is 60.8 Å². The Morgan fingerprint density at radius 1 is 0.542 bits per heavy atom. The molecule has 0 radical (unpaired) electrons. The number of benzene rings is 5. The van der Waals surface area contributed by atoms with Gasteiger partial charge >= 0.3 is 36.1 Å². The molecule has 2 heterocycles. The summed E-state index contributed by atoms with van der Waals surface area (Å²) in [6, 6.07) is 31.8. The lowest BCUT2D eigenvalue weighted by Crippen LogP contribution is -2.63. The summed E-state index contributed by atoms with van der Waals surface area (Å²) in [5.74, 6) is 0.914. The van der Waals surface area contributed by atoms with Gasteiger partial charge in [-0.25, -0.2) is 19.8 Å². The Kier molecular flexibility index (Phi) is 19.2. The fraction of sp³-hybridized carbons (Fsp3) is 0.414. The van der Waals surface area contributed by atoms with E-state index in [2.05, 4.69) is 47.5 Å². The monoisotopic (exact) mass is 1180 g/mol. The summed E-state index contributed by atoms with van der Waals surface area (Å²) in [5.41, 5.74) is -5.61. The largest absolute Gasteiger partial charge is 0.416 e. The van der Waals surface area contributed by atoms with Gasteiger partial charge in [-0.05, 0) is 118 Å². The number of nitrogens with zero attached hydrogens (tertiary/aromatic N) is 3. The maximum Gasteiger partial charge on any atom is 0.416 e. The molecule has 2 aliphatic rings. The van der Waals surface area contributed by atoms with Crippen molar-refractivity contribution in [2.24, 2.45) is 0 Å². The minimum absolute atomic E-state index is 0.0732. The van der Waals surface area contributed by atoms with Crippen molar-refractivity contribution in [3.63, 3.8) is 0 Å². The van der Waals surface area contributed by atoms with Gasteiger partial charge < -0.3 is 19.9 Å². The highest BCUT2D eigenvalue weighted by Gasteiger charge is 2.56. The van der Waals surface area contributed by atoms with Crippen molar-refractivity contribution >= 4 is 0 Å². The van der Waals surface area contributed by atoms with Gasteiger partial charge in [-0.1, -0.05) is 91.0 Å². The van der Waals surface area contributed by atoms with E-state index in [4.69, 9.17) is 14.6 Å². The Balaban J connectivity index is 0.000000235. The number of hydrogen-bond acceptors (Lipinski definition) is 9. The number of aromatic amines is 4. The van der Waals surface area contributed by atoms with Crippen molar-refractivity contribution in [3.05, 3.63) is 210 Å². The third kappa shape index (κ3) is 15.8. The maximum absolute atomic E-state index is 13.5. The first-order valence-corrected chi connectivity index (χ1v) is 26.1. The molecule has 83 heavy (non-hydrogen) atoms. The smallest absolute Gasteiger partial charge is 0.400 e. The molecule has 2 fully saturated rings. The topological polar surface area (TPSA) is 177 Å². The van der Waals surface area contributed by atoms with Gasteiger partial charge in [-0.15, -0.1) is 0 Å². The van der Waals surface area contributed by atoms with Crippen LogP contribution in [0.4, 0.5) is 52.7 Å². The number of aliphatic hydroxyl groups is 1. The molecule has 2 aromatic heterocycles. The normalized spacial score (nSPS) is 21.6. The van der Waals surface area contributed by atoms with E-state index in [1.165, 1.54) is 13.8 Å². The summed E-state index contributed by atoms with van der Waals surface area (Å²) in [5, 5.41) is 23.0. The van der Waals surface area contributed by atoms with Gasteiger partial charge in [0, 0.05) is 35.6 Å². The molecule has 25 heteroatoms. The van der Waals surface area contributed by atoms with Crippen molar-refractivity contribution in [3.8, 4) is 0 Å². The van der Waals surface area contributed by atoms with Crippen molar-refractivity contribution in [2.45, 2.75) is 132 Å². The van der Waals surface area contributed by atoms with Crippen molar-refractivity contribution in [1.29, 1.82) is 0 Å². The van der Waals surface area contributed by atoms with Crippen LogP contribution in [-0.4, -0.2) is 71.8 Å². The van der Waals surface area contributed by atoms with Crippen molar-refractivity contribution in [1.82, 2.24) is 40.6 Å². The summed E-state index contributed by atoms with van der Waals surface area (Å²) in [6.45, 7) is 8.35. The number of alkyl halides is 12. The van der Waals surface area contributed by atoms with Crippen LogP contribution in [-0.2, 0) is 64.6 Å². The van der Waals surface area contributed by atoms with Gasteiger partial charge in [-0.2, -0.15) is 62.9 Å². The number of aliphatic hydroxyl groups excluding tert-OH is 1. The second-order valence-electron chi connectivity index (χ2n) is 21.6. The molecule has 0 amide bonds. The zero-order valence-electron chi connectivity index (χ0n) is 45.6. The molecular weight excluding hydrogens is 1120 g/mol. The Labute approximate surface area is 468 Å². The predicted molar refractivity (Wildman–Crippen MR) is 282 cm³/mol. The lowest BCUT2D eigenvalue weighted by molar-refractivity contribution is -0.145. The highest BCUT2D eigenvalue weighted by molar-refractivity contribution is 5.38. The lowest BCUT2D eigenvalue weighted by Gasteiger charge is -2.59. The Hall–Kier alpha value is -7.06. The standard InChI is InChI=1S/C32H32F6N4O2.C25H26F6N4O2.CH4O/c1-21(23-13-25(31(33,34)35)15-26(14-23)32(36,37)38)44-20-30(24-11-7-4-8-12-24)18-29(2,19-30)42(16-22-9-5-3-6-10-22)17-27-39-28(43)41-40-27;1-15(16-8-18(24(26,27)28)10-19(9-16)25(29,30)31)37-14-23(17-6-4-3-5-7-17)12-22(2,13-23)32-11-20-33-21(36)35-34-20;1-2/h3-15,21H,16-20H2,1-2H3,(H2,39,40,41,43);3-10,15,32H,11-14H2,1-2H3,(H2,33,34,35,36);2H,1H3/t21-,29?,30?;15-,22?,23?;/m11./s1. The van der Waals surface area contributed by atoms with E-state index in [1.807, 2.05) is 97.9 Å². The van der Waals surface area contributed by atoms with Crippen LogP contribution in [0.25, 0.3) is 0 Å². The van der Waals surface area contributed by atoms with Gasteiger partial charge in [-0.3, -0.25) is 14.9 Å². The number of rotatable bonds is 18. The highest BCUT2D eigenvalue weighted by Crippen LogP contribution is 2.55. The second kappa shape index (κ2) is 25.0. The molecule has 9 rings (SSSR count). The fourth-order valence-electron chi connectivity index (χ4n) is 11.2. The fourth-order valence-corrected chi connectivity index (χ4v) is 11.2. The molecule has 0 saturated heterocycles. The second-order valence-corrected chi connectivity index (χ2v) is 21.6. The number of aromatic nitrogens is 6. The molecule has 0 unspecified atom stereocenters. The van der Waals surface area contributed by atoms with Crippen LogP contribution in [0.1, 0.15) is 127 Å². The third-order valence-electron chi connectivity index (χ3n) is 15.1. The van der Waals surface area contributed by atoms with E-state index in [9.17, 15) is 62.3 Å². The molecule has 5 aromatic carbocycles. The Bertz CT molecular complexity index is 3270. The minimum Gasteiger partial charge on any atom is -0.400 e. The molecule has 2 aliphatic carbocycles. The number of H-pyrrole nitrogens is 4. The first-order chi connectivity index (χ1) is 38.9. The zero-order chi connectivity index (χ0) is 60.8. The van der Waals surface area contributed by atoms with Crippen LogP contribution in [0.15, 0.2) is 137 Å². The molecule has 0 bridgehead atoms. The summed E-state index contributed by atoms with van der Waals surface area (Å²) < 4.78 is 173. The Morgan fingerprint density at radius 2 is 0.904 bits per heavy atom. The number of halogens is 12. The van der Waals surface area contributed by atoms with Crippen LogP contribution >= 0.6 is 0 Å². The summed E-state index contributed by atoms with van der Waals surface area (Å²) in [6.07, 6.45) is -19.5. The molecule has 0 spiro atoms. The molecule has 448 valence electrons. The van der Waals surface area contributed by atoms with Crippen LogP contribution < -0.4 is 16.7 Å². The molecule has 2 atom stereocenters. The van der Waals surface area contributed by atoms with E-state index >= 15 is 0 Å². The van der Waals surface area contributed by atoms with Gasteiger partial charge in [0.1, 0.15) is 11.6 Å². The van der Waals surface area contributed by atoms with E-state index in [0.29, 0.717) is 81.2 Å². The first-order valence-electron chi connectivity index (χ1n) is 26.1. The molecule has 7 aromatic rings. The van der Waals surface area contributed by atoms with Crippen molar-refractivity contribution < 1.29 is 67.3 Å². The van der Waals surface area contributed by atoms with Gasteiger partial charge in [0.2, 0.25) is 0 Å². The van der Waals surface area contributed by atoms with Crippen LogP contribution in [0.2, 0.25) is 0 Å². The molecule has 2 saturated carbocycles. The van der Waals surface area contributed by atoms with Crippen LogP contribution in [0.5, 0.6) is 0 Å². The number of hydrogen-bond donors (Lipinski definition) is 6. The molecular formula is C58H62F12N8O5. The third-order valence-corrected chi connectivity index (χ3v) is 15.1. The molecule has 0 aliphatic heterocycles. The zero-order valence-corrected chi connectivity index (χ0v) is 45.6. The minimum atomic E-state index is -4.95. The lowest BCUT2D eigenvalue weighted by atomic mass is 9.54. The predicted octanol–water partition coefficient (Wildman–Crippen LogP) is 12.5.